The first kappa shape index (κ1) is 25.5. The highest BCUT2D eigenvalue weighted by atomic mass is 16.5. The van der Waals surface area contributed by atoms with Gasteiger partial charge in [-0.05, 0) is 41.5 Å². The van der Waals surface area contributed by atoms with Gasteiger partial charge in [-0.25, -0.2) is 9.78 Å². The summed E-state index contributed by atoms with van der Waals surface area (Å²) in [5.74, 6) is -0.220. The van der Waals surface area contributed by atoms with Crippen LogP contribution in [0.2, 0.25) is 0 Å². The second kappa shape index (κ2) is 11.5. The molecule has 3 aromatic heterocycles. The Morgan fingerprint density at radius 3 is 2.49 bits per heavy atom. The fraction of sp³-hybridized carbons (Fsp3) is 0.133. The molecule has 2 aromatic carbocycles. The molecular weight excluding hydrogens is 494 g/mol. The number of fused-ring (bicyclic) bond motifs is 1. The van der Waals surface area contributed by atoms with E-state index in [0.29, 0.717) is 35.4 Å². The van der Waals surface area contributed by atoms with Crippen LogP contribution in [0.3, 0.4) is 0 Å². The summed E-state index contributed by atoms with van der Waals surface area (Å²) in [5.41, 5.74) is 4.12. The number of hydrogen-bond donors (Lipinski definition) is 2. The van der Waals surface area contributed by atoms with Crippen LogP contribution in [0.4, 0.5) is 11.4 Å². The molecule has 5 rings (SSSR count). The average molecular weight is 522 g/mol. The largest absolute Gasteiger partial charge is 0.497 e. The van der Waals surface area contributed by atoms with Gasteiger partial charge in [0.15, 0.2) is 5.69 Å². The van der Waals surface area contributed by atoms with E-state index in [1.165, 1.54) is 13.3 Å². The number of amides is 1. The number of hydrogen-bond acceptors (Lipinski definition) is 7. The van der Waals surface area contributed by atoms with Crippen LogP contribution < -0.4 is 15.4 Å². The molecule has 9 nitrogen and oxygen atoms in total. The lowest BCUT2D eigenvalue weighted by Gasteiger charge is -2.11. The maximum Gasteiger partial charge on any atom is 0.356 e. The lowest BCUT2D eigenvalue weighted by atomic mass is 10.2. The van der Waals surface area contributed by atoms with E-state index < -0.39 is 11.9 Å². The third-order valence-electron chi connectivity index (χ3n) is 6.25. The third-order valence-corrected chi connectivity index (χ3v) is 6.25. The van der Waals surface area contributed by atoms with E-state index in [2.05, 4.69) is 15.6 Å². The molecule has 0 spiro atoms. The predicted octanol–water partition coefficient (Wildman–Crippen LogP) is 5.14. The molecule has 0 bridgehead atoms. The van der Waals surface area contributed by atoms with Crippen molar-refractivity contribution < 1.29 is 19.1 Å². The van der Waals surface area contributed by atoms with Crippen LogP contribution in [0.1, 0.15) is 32.0 Å². The summed E-state index contributed by atoms with van der Waals surface area (Å²) >= 11 is 0. The van der Waals surface area contributed by atoms with Crippen LogP contribution in [-0.2, 0) is 17.8 Å². The number of methoxy groups -OCH3 is 2. The van der Waals surface area contributed by atoms with Crippen molar-refractivity contribution >= 4 is 34.3 Å². The maximum atomic E-state index is 13.2. The first-order valence-corrected chi connectivity index (χ1v) is 12.3. The SMILES string of the molecule is COC(=O)c1c(NC(=O)c2cccnc2)c2cc(NCc3cccc(OC)c3)cnc2n1Cc1ccccc1. The first-order chi connectivity index (χ1) is 19.1. The van der Waals surface area contributed by atoms with Gasteiger partial charge in [0.1, 0.15) is 11.4 Å². The highest BCUT2D eigenvalue weighted by Crippen LogP contribution is 2.34. The van der Waals surface area contributed by atoms with Gasteiger partial charge >= 0.3 is 5.97 Å². The van der Waals surface area contributed by atoms with E-state index in [1.54, 1.807) is 36.2 Å². The summed E-state index contributed by atoms with van der Waals surface area (Å²) in [4.78, 5) is 35.1. The number of pyridine rings is 2. The van der Waals surface area contributed by atoms with E-state index >= 15 is 0 Å². The maximum absolute atomic E-state index is 13.2. The Labute approximate surface area is 225 Å². The Morgan fingerprint density at radius 1 is 0.923 bits per heavy atom. The summed E-state index contributed by atoms with van der Waals surface area (Å²) in [6.07, 6.45) is 4.76. The van der Waals surface area contributed by atoms with Crippen molar-refractivity contribution in [2.45, 2.75) is 13.1 Å². The minimum atomic E-state index is -0.587. The van der Waals surface area contributed by atoms with Crippen molar-refractivity contribution in [1.29, 1.82) is 0 Å². The van der Waals surface area contributed by atoms with E-state index in [9.17, 15) is 9.59 Å². The van der Waals surface area contributed by atoms with Gasteiger partial charge in [-0.3, -0.25) is 9.78 Å². The number of anilines is 2. The first-order valence-electron chi connectivity index (χ1n) is 12.3. The zero-order valence-corrected chi connectivity index (χ0v) is 21.5. The van der Waals surface area contributed by atoms with Crippen LogP contribution in [0.15, 0.2) is 91.4 Å². The second-order valence-corrected chi connectivity index (χ2v) is 8.78. The molecule has 9 heteroatoms. The van der Waals surface area contributed by atoms with Crippen molar-refractivity contribution in [3.63, 3.8) is 0 Å². The molecule has 2 N–H and O–H groups in total. The molecule has 39 heavy (non-hydrogen) atoms. The number of carbonyl (C=O) groups excluding carboxylic acids is 2. The quantitative estimate of drug-likeness (QED) is 0.259. The van der Waals surface area contributed by atoms with Crippen LogP contribution in [0, 0.1) is 0 Å². The van der Waals surface area contributed by atoms with E-state index in [0.717, 1.165) is 22.6 Å². The Balaban J connectivity index is 1.59. The van der Waals surface area contributed by atoms with Gasteiger partial charge in [0, 0.05) is 30.9 Å². The Kier molecular flexibility index (Phi) is 7.49. The minimum absolute atomic E-state index is 0.200. The number of esters is 1. The minimum Gasteiger partial charge on any atom is -0.497 e. The zero-order chi connectivity index (χ0) is 27.2. The molecule has 0 aliphatic rings. The second-order valence-electron chi connectivity index (χ2n) is 8.78. The van der Waals surface area contributed by atoms with Crippen molar-refractivity contribution in [3.8, 4) is 5.75 Å². The topological polar surface area (TPSA) is 107 Å². The normalized spacial score (nSPS) is 10.7. The van der Waals surface area contributed by atoms with Gasteiger partial charge in [0.25, 0.3) is 5.91 Å². The van der Waals surface area contributed by atoms with Crippen molar-refractivity contribution in [3.05, 3.63) is 114 Å². The van der Waals surface area contributed by atoms with E-state index in [4.69, 9.17) is 14.5 Å². The molecule has 0 fully saturated rings. The Morgan fingerprint density at radius 2 is 1.74 bits per heavy atom. The summed E-state index contributed by atoms with van der Waals surface area (Å²) < 4.78 is 12.2. The number of nitrogens with zero attached hydrogens (tertiary/aromatic N) is 3. The molecule has 196 valence electrons. The van der Waals surface area contributed by atoms with Gasteiger partial charge in [0.05, 0.1) is 37.4 Å². The van der Waals surface area contributed by atoms with Crippen LogP contribution in [0.5, 0.6) is 5.75 Å². The zero-order valence-electron chi connectivity index (χ0n) is 21.5. The third kappa shape index (κ3) is 5.57. The molecule has 1 amide bonds. The summed E-state index contributed by atoms with van der Waals surface area (Å²) in [6, 6.07) is 22.7. The Hall–Kier alpha value is -5.18. The lowest BCUT2D eigenvalue weighted by molar-refractivity contribution is 0.0591. The monoisotopic (exact) mass is 521 g/mol. The molecule has 0 saturated heterocycles. The lowest BCUT2D eigenvalue weighted by Crippen LogP contribution is -2.17. The molecule has 0 unspecified atom stereocenters. The van der Waals surface area contributed by atoms with Crippen molar-refractivity contribution in [2.75, 3.05) is 24.9 Å². The average Bonchev–Trinajstić information content (AvgIpc) is 3.28. The van der Waals surface area contributed by atoms with Gasteiger partial charge in [0.2, 0.25) is 0 Å². The van der Waals surface area contributed by atoms with Gasteiger partial charge in [-0.2, -0.15) is 0 Å². The fourth-order valence-electron chi connectivity index (χ4n) is 4.35. The van der Waals surface area contributed by atoms with Crippen molar-refractivity contribution in [2.24, 2.45) is 0 Å². The van der Waals surface area contributed by atoms with Crippen LogP contribution in [0.25, 0.3) is 11.0 Å². The van der Waals surface area contributed by atoms with Gasteiger partial charge in [-0.15, -0.1) is 0 Å². The van der Waals surface area contributed by atoms with E-state index in [1.807, 2.05) is 60.7 Å². The summed E-state index contributed by atoms with van der Waals surface area (Å²) in [5, 5.41) is 6.89. The fourth-order valence-corrected chi connectivity index (χ4v) is 4.35. The van der Waals surface area contributed by atoms with Gasteiger partial charge < -0.3 is 24.7 Å². The standard InChI is InChI=1S/C30H27N5O4/c1-38-24-12-6-10-21(14-24)16-32-23-15-25-26(34-29(36)22-11-7-13-31-17-22)27(30(37)39-2)35(28(25)33-18-23)19-20-8-4-3-5-9-20/h3-15,17-18,32H,16,19H2,1-2H3,(H,34,36). The molecule has 0 atom stereocenters. The number of ether oxygens (including phenoxy) is 2. The molecule has 0 aliphatic carbocycles. The molecule has 0 aliphatic heterocycles. The molecule has 5 aromatic rings. The van der Waals surface area contributed by atoms with Crippen LogP contribution in [-0.4, -0.2) is 40.6 Å². The smallest absolute Gasteiger partial charge is 0.356 e. The molecule has 0 radical (unpaired) electrons. The summed E-state index contributed by atoms with van der Waals surface area (Å²) in [7, 11) is 2.94. The number of aromatic nitrogens is 3. The van der Waals surface area contributed by atoms with Crippen LogP contribution >= 0.6 is 0 Å². The number of rotatable bonds is 9. The number of carbonyl (C=O) groups is 2. The van der Waals surface area contributed by atoms with E-state index in [-0.39, 0.29) is 5.69 Å². The highest BCUT2D eigenvalue weighted by molar-refractivity contribution is 6.14. The molecule has 0 saturated carbocycles. The summed E-state index contributed by atoms with van der Waals surface area (Å²) in [6.45, 7) is 0.879. The molecule has 3 heterocycles. The van der Waals surface area contributed by atoms with Gasteiger partial charge in [-0.1, -0.05) is 42.5 Å². The number of nitrogens with one attached hydrogen (secondary N) is 2. The highest BCUT2D eigenvalue weighted by Gasteiger charge is 2.26. The Bertz CT molecular complexity index is 1620. The predicted molar refractivity (Wildman–Crippen MR) is 149 cm³/mol. The molecular formula is C30H27N5O4. The van der Waals surface area contributed by atoms with Crippen molar-refractivity contribution in [1.82, 2.24) is 14.5 Å². The number of benzene rings is 2.